The molecule has 0 amide bonds. The van der Waals surface area contributed by atoms with Crippen LogP contribution < -0.4 is 10.2 Å². The van der Waals surface area contributed by atoms with E-state index in [1.165, 1.54) is 18.4 Å². The highest BCUT2D eigenvalue weighted by atomic mass is 16.5. The van der Waals surface area contributed by atoms with E-state index in [9.17, 15) is 0 Å². The average molecular weight is 277 g/mol. The Morgan fingerprint density at radius 2 is 2.35 bits per heavy atom. The number of hydrogen-bond donors (Lipinski definition) is 1. The third-order valence-corrected chi connectivity index (χ3v) is 4.01. The minimum Gasteiger partial charge on any atom is -0.383 e. The maximum Gasteiger partial charge on any atom is 0.133 e. The molecule has 4 nitrogen and oxygen atoms in total. The molecule has 1 saturated heterocycles. The summed E-state index contributed by atoms with van der Waals surface area (Å²) < 4.78 is 5.07. The lowest BCUT2D eigenvalue weighted by Crippen LogP contribution is -2.35. The molecule has 1 aromatic heterocycles. The van der Waals surface area contributed by atoms with Crippen LogP contribution in [0.5, 0.6) is 0 Å². The number of nitrogens with zero attached hydrogens (tertiary/aromatic N) is 2. The fourth-order valence-corrected chi connectivity index (χ4v) is 2.97. The van der Waals surface area contributed by atoms with Gasteiger partial charge in [-0.3, -0.25) is 0 Å². The summed E-state index contributed by atoms with van der Waals surface area (Å²) in [6.07, 6.45) is 4.46. The van der Waals surface area contributed by atoms with Crippen molar-refractivity contribution in [3.8, 4) is 0 Å². The van der Waals surface area contributed by atoms with E-state index in [0.29, 0.717) is 12.0 Å². The first-order valence-corrected chi connectivity index (χ1v) is 7.64. The second-order valence-corrected chi connectivity index (χ2v) is 5.80. The number of pyridine rings is 1. The Morgan fingerprint density at radius 1 is 1.50 bits per heavy atom. The van der Waals surface area contributed by atoms with Crippen LogP contribution in [0.2, 0.25) is 0 Å². The van der Waals surface area contributed by atoms with Gasteiger partial charge in [0.2, 0.25) is 0 Å². The van der Waals surface area contributed by atoms with E-state index in [1.807, 2.05) is 12.3 Å². The van der Waals surface area contributed by atoms with Gasteiger partial charge in [-0.25, -0.2) is 4.98 Å². The Kier molecular flexibility index (Phi) is 5.80. The molecule has 1 N–H and O–H groups in total. The number of aromatic nitrogens is 1. The third kappa shape index (κ3) is 3.70. The lowest BCUT2D eigenvalue weighted by molar-refractivity contribution is 0.199. The van der Waals surface area contributed by atoms with Crippen LogP contribution in [0.3, 0.4) is 0 Å². The van der Waals surface area contributed by atoms with Crippen molar-refractivity contribution < 1.29 is 4.74 Å². The van der Waals surface area contributed by atoms with Crippen molar-refractivity contribution in [3.63, 3.8) is 0 Å². The molecule has 1 unspecified atom stereocenters. The fourth-order valence-electron chi connectivity index (χ4n) is 2.97. The molecule has 2 rings (SSSR count). The lowest BCUT2D eigenvalue weighted by atomic mass is 10.0. The van der Waals surface area contributed by atoms with Crippen LogP contribution in [-0.4, -0.2) is 37.8 Å². The Bertz CT molecular complexity index is 408. The SMILES string of the molecule is COCCNCc1cccnc1N1CCCC1C(C)C. The van der Waals surface area contributed by atoms with Gasteiger partial charge in [-0.15, -0.1) is 0 Å². The average Bonchev–Trinajstić information content (AvgIpc) is 2.93. The summed E-state index contributed by atoms with van der Waals surface area (Å²) in [5, 5.41) is 3.42. The first-order valence-electron chi connectivity index (χ1n) is 7.64. The summed E-state index contributed by atoms with van der Waals surface area (Å²) >= 11 is 0. The first-order chi connectivity index (χ1) is 9.74. The zero-order chi connectivity index (χ0) is 14.4. The topological polar surface area (TPSA) is 37.4 Å². The number of hydrogen-bond acceptors (Lipinski definition) is 4. The second kappa shape index (κ2) is 7.60. The Morgan fingerprint density at radius 3 is 3.10 bits per heavy atom. The van der Waals surface area contributed by atoms with E-state index in [1.54, 1.807) is 7.11 Å². The van der Waals surface area contributed by atoms with E-state index in [4.69, 9.17) is 4.74 Å². The summed E-state index contributed by atoms with van der Waals surface area (Å²) in [5.41, 5.74) is 1.29. The summed E-state index contributed by atoms with van der Waals surface area (Å²) in [7, 11) is 1.73. The van der Waals surface area contributed by atoms with Crippen LogP contribution in [0.4, 0.5) is 5.82 Å². The van der Waals surface area contributed by atoms with Crippen molar-refractivity contribution in [2.75, 3.05) is 31.7 Å². The second-order valence-electron chi connectivity index (χ2n) is 5.80. The highest BCUT2D eigenvalue weighted by molar-refractivity contribution is 5.48. The van der Waals surface area contributed by atoms with Gasteiger partial charge < -0.3 is 15.0 Å². The van der Waals surface area contributed by atoms with Crippen LogP contribution in [0.1, 0.15) is 32.3 Å². The number of methoxy groups -OCH3 is 1. The monoisotopic (exact) mass is 277 g/mol. The molecule has 0 aromatic carbocycles. The Balaban J connectivity index is 2.07. The largest absolute Gasteiger partial charge is 0.383 e. The molecule has 2 heterocycles. The molecule has 1 aliphatic heterocycles. The molecular formula is C16H27N3O. The molecule has 112 valence electrons. The van der Waals surface area contributed by atoms with Gasteiger partial charge in [0, 0.05) is 44.5 Å². The lowest BCUT2D eigenvalue weighted by Gasteiger charge is -2.30. The van der Waals surface area contributed by atoms with Crippen molar-refractivity contribution in [2.24, 2.45) is 5.92 Å². The van der Waals surface area contributed by atoms with E-state index >= 15 is 0 Å². The molecule has 20 heavy (non-hydrogen) atoms. The van der Waals surface area contributed by atoms with Crippen molar-refractivity contribution in [2.45, 2.75) is 39.3 Å². The van der Waals surface area contributed by atoms with Gasteiger partial charge in [-0.2, -0.15) is 0 Å². The zero-order valence-electron chi connectivity index (χ0n) is 12.9. The van der Waals surface area contributed by atoms with Crippen LogP contribution in [0.25, 0.3) is 0 Å². The third-order valence-electron chi connectivity index (χ3n) is 4.01. The van der Waals surface area contributed by atoms with Crippen molar-refractivity contribution in [1.82, 2.24) is 10.3 Å². The predicted octanol–water partition coefficient (Wildman–Crippen LogP) is 2.44. The van der Waals surface area contributed by atoms with Crippen molar-refractivity contribution in [1.29, 1.82) is 0 Å². The van der Waals surface area contributed by atoms with E-state index in [-0.39, 0.29) is 0 Å². The van der Waals surface area contributed by atoms with Gasteiger partial charge in [-0.05, 0) is 24.8 Å². The summed E-state index contributed by atoms with van der Waals surface area (Å²) in [6, 6.07) is 4.83. The highest BCUT2D eigenvalue weighted by Gasteiger charge is 2.29. The minimum atomic E-state index is 0.627. The summed E-state index contributed by atoms with van der Waals surface area (Å²) in [4.78, 5) is 7.14. The van der Waals surface area contributed by atoms with Crippen LogP contribution >= 0.6 is 0 Å². The molecule has 0 bridgehead atoms. The van der Waals surface area contributed by atoms with Gasteiger partial charge in [-0.1, -0.05) is 19.9 Å². The van der Waals surface area contributed by atoms with Gasteiger partial charge in [0.05, 0.1) is 6.61 Å². The van der Waals surface area contributed by atoms with Crippen LogP contribution in [0, 0.1) is 5.92 Å². The number of nitrogens with one attached hydrogen (secondary N) is 1. The van der Waals surface area contributed by atoms with Gasteiger partial charge in [0.25, 0.3) is 0 Å². The predicted molar refractivity (Wildman–Crippen MR) is 83.0 cm³/mol. The molecule has 1 fully saturated rings. The summed E-state index contributed by atoms with van der Waals surface area (Å²) in [5.74, 6) is 1.84. The number of rotatable bonds is 7. The molecule has 0 saturated carbocycles. The molecule has 0 radical (unpaired) electrons. The first kappa shape index (κ1) is 15.3. The van der Waals surface area contributed by atoms with Gasteiger partial charge in [0.15, 0.2) is 0 Å². The molecule has 4 heteroatoms. The molecule has 1 aliphatic rings. The van der Waals surface area contributed by atoms with Crippen LogP contribution in [-0.2, 0) is 11.3 Å². The molecular weight excluding hydrogens is 250 g/mol. The van der Waals surface area contributed by atoms with Crippen LogP contribution in [0.15, 0.2) is 18.3 Å². The fraction of sp³-hybridized carbons (Fsp3) is 0.688. The number of ether oxygens (including phenoxy) is 1. The molecule has 1 aromatic rings. The maximum atomic E-state index is 5.07. The number of anilines is 1. The van der Waals surface area contributed by atoms with Gasteiger partial charge >= 0.3 is 0 Å². The molecule has 0 aliphatic carbocycles. The molecule has 1 atom stereocenters. The minimum absolute atomic E-state index is 0.627. The van der Waals surface area contributed by atoms with E-state index < -0.39 is 0 Å². The highest BCUT2D eigenvalue weighted by Crippen LogP contribution is 2.30. The van der Waals surface area contributed by atoms with Crippen molar-refractivity contribution >= 4 is 5.82 Å². The standard InChI is InChI=1S/C16H27N3O/c1-13(2)15-7-5-10-19(15)16-14(6-4-8-18-16)12-17-9-11-20-3/h4,6,8,13,15,17H,5,7,9-12H2,1-3H3. The smallest absolute Gasteiger partial charge is 0.133 e. The quantitative estimate of drug-likeness (QED) is 0.777. The molecule has 0 spiro atoms. The Labute approximate surface area is 122 Å². The van der Waals surface area contributed by atoms with E-state index in [0.717, 1.165) is 32.1 Å². The maximum absolute atomic E-state index is 5.07. The Hall–Kier alpha value is -1.13. The zero-order valence-corrected chi connectivity index (χ0v) is 12.9. The van der Waals surface area contributed by atoms with Gasteiger partial charge in [0.1, 0.15) is 5.82 Å². The van der Waals surface area contributed by atoms with Crippen molar-refractivity contribution in [3.05, 3.63) is 23.9 Å². The summed E-state index contributed by atoms with van der Waals surface area (Å²) in [6.45, 7) is 8.22. The normalized spacial score (nSPS) is 19.0. The van der Waals surface area contributed by atoms with E-state index in [2.05, 4.69) is 35.1 Å².